The van der Waals surface area contributed by atoms with E-state index in [-0.39, 0.29) is 17.0 Å². The third kappa shape index (κ3) is 2.82. The summed E-state index contributed by atoms with van der Waals surface area (Å²) in [7, 11) is 0. The molecule has 22 heavy (non-hydrogen) atoms. The number of ether oxygens (including phenoxy) is 3. The summed E-state index contributed by atoms with van der Waals surface area (Å²) in [4.78, 5) is 1.35. The van der Waals surface area contributed by atoms with Crippen molar-refractivity contribution in [1.29, 1.82) is 0 Å². The second kappa shape index (κ2) is 5.82. The number of benzene rings is 1. The molecule has 1 saturated carbocycles. The molecule has 0 spiro atoms. The van der Waals surface area contributed by atoms with Crippen LogP contribution >= 0.6 is 11.8 Å². The molecule has 1 aromatic carbocycles. The normalized spacial score (nSPS) is 37.1. The molecule has 0 N–H and O–H groups in total. The number of fused-ring (bicyclic) bond motifs is 2. The van der Waals surface area contributed by atoms with Crippen molar-refractivity contribution >= 4 is 11.8 Å². The number of rotatable bonds is 3. The Morgan fingerprint density at radius 2 is 1.82 bits per heavy atom. The zero-order valence-corrected chi connectivity index (χ0v) is 13.9. The van der Waals surface area contributed by atoms with Crippen molar-refractivity contribution in [3.8, 4) is 0 Å². The zero-order chi connectivity index (χ0) is 15.0. The van der Waals surface area contributed by atoms with Crippen LogP contribution in [0.5, 0.6) is 0 Å². The first-order valence-electron chi connectivity index (χ1n) is 8.41. The molecule has 0 aromatic heterocycles. The summed E-state index contributed by atoms with van der Waals surface area (Å²) in [5.41, 5.74) is 0. The van der Waals surface area contributed by atoms with Crippen molar-refractivity contribution in [2.45, 2.75) is 73.3 Å². The lowest BCUT2D eigenvalue weighted by atomic mass is 9.82. The predicted molar refractivity (Wildman–Crippen MR) is 86.8 cm³/mol. The minimum atomic E-state index is -0.824. The van der Waals surface area contributed by atoms with Crippen LogP contribution in [0.3, 0.4) is 0 Å². The van der Waals surface area contributed by atoms with E-state index in [9.17, 15) is 0 Å². The second-order valence-corrected chi connectivity index (χ2v) is 8.28. The first-order chi connectivity index (χ1) is 10.7. The Labute approximate surface area is 136 Å². The van der Waals surface area contributed by atoms with Gasteiger partial charge in [-0.3, -0.25) is 0 Å². The number of hydrogen-bond donors (Lipinski definition) is 0. The number of thioether (sulfide) groups is 1. The Hall–Kier alpha value is -0.550. The maximum atomic E-state index is 6.31. The molecule has 4 rings (SSSR count). The van der Waals surface area contributed by atoms with Gasteiger partial charge in [0, 0.05) is 23.0 Å². The van der Waals surface area contributed by atoms with Crippen molar-refractivity contribution < 1.29 is 14.2 Å². The van der Waals surface area contributed by atoms with Crippen molar-refractivity contribution in [2.24, 2.45) is 0 Å². The van der Waals surface area contributed by atoms with Gasteiger partial charge in [-0.15, -0.1) is 11.8 Å². The van der Waals surface area contributed by atoms with Crippen LogP contribution in [-0.2, 0) is 14.2 Å². The topological polar surface area (TPSA) is 27.7 Å². The van der Waals surface area contributed by atoms with E-state index < -0.39 is 5.97 Å². The first-order valence-corrected chi connectivity index (χ1v) is 9.23. The quantitative estimate of drug-likeness (QED) is 0.827. The van der Waals surface area contributed by atoms with Crippen molar-refractivity contribution in [3.05, 3.63) is 30.3 Å². The molecule has 3 nitrogen and oxygen atoms in total. The summed E-state index contributed by atoms with van der Waals surface area (Å²) >= 11 is 2.01. The fourth-order valence-electron chi connectivity index (χ4n) is 4.02. The molecule has 1 aliphatic carbocycles. The first kappa shape index (κ1) is 15.0. The highest BCUT2D eigenvalue weighted by Gasteiger charge is 2.53. The molecule has 2 heterocycles. The van der Waals surface area contributed by atoms with Gasteiger partial charge in [0.05, 0.1) is 18.8 Å². The third-order valence-electron chi connectivity index (χ3n) is 5.10. The van der Waals surface area contributed by atoms with Gasteiger partial charge in [0.1, 0.15) is 0 Å². The molecule has 120 valence electrons. The molecule has 0 unspecified atom stereocenters. The van der Waals surface area contributed by atoms with E-state index in [1.54, 1.807) is 0 Å². The Morgan fingerprint density at radius 3 is 2.55 bits per heavy atom. The van der Waals surface area contributed by atoms with Crippen LogP contribution in [0.2, 0.25) is 0 Å². The van der Waals surface area contributed by atoms with Crippen LogP contribution in [-0.4, -0.2) is 29.5 Å². The molecule has 3 atom stereocenters. The summed E-state index contributed by atoms with van der Waals surface area (Å²) in [6.07, 6.45) is 7.74. The summed E-state index contributed by atoms with van der Waals surface area (Å²) < 4.78 is 18.1. The summed E-state index contributed by atoms with van der Waals surface area (Å²) in [6.45, 7) is 2.59. The SMILES string of the molecule is C[C@@]12OC[C@@H](C[C@H](C3(Sc4ccccc4)CCCCC3)O1)O2. The Morgan fingerprint density at radius 1 is 1.05 bits per heavy atom. The van der Waals surface area contributed by atoms with Gasteiger partial charge in [-0.2, -0.15) is 0 Å². The van der Waals surface area contributed by atoms with Gasteiger partial charge in [-0.1, -0.05) is 37.5 Å². The average Bonchev–Trinajstić information content (AvgIpc) is 2.81. The lowest BCUT2D eigenvalue weighted by Crippen LogP contribution is -2.52. The van der Waals surface area contributed by atoms with E-state index in [1.165, 1.54) is 37.0 Å². The zero-order valence-electron chi connectivity index (χ0n) is 13.1. The van der Waals surface area contributed by atoms with Gasteiger partial charge < -0.3 is 14.2 Å². The summed E-state index contributed by atoms with van der Waals surface area (Å²) in [6, 6.07) is 10.8. The van der Waals surface area contributed by atoms with Crippen LogP contribution in [0, 0.1) is 0 Å². The molecule has 4 heteroatoms. The van der Waals surface area contributed by atoms with Gasteiger partial charge in [0.2, 0.25) is 0 Å². The van der Waals surface area contributed by atoms with E-state index in [0.717, 1.165) is 6.42 Å². The van der Waals surface area contributed by atoms with Crippen LogP contribution in [0.25, 0.3) is 0 Å². The van der Waals surface area contributed by atoms with Crippen molar-refractivity contribution in [1.82, 2.24) is 0 Å². The smallest absolute Gasteiger partial charge is 0.280 e. The van der Waals surface area contributed by atoms with E-state index >= 15 is 0 Å². The molecular weight excluding hydrogens is 296 g/mol. The maximum absolute atomic E-state index is 6.31. The molecule has 1 aromatic rings. The molecular formula is C18H24O3S. The van der Waals surface area contributed by atoms with Crippen molar-refractivity contribution in [3.63, 3.8) is 0 Å². The van der Waals surface area contributed by atoms with Gasteiger partial charge in [-0.05, 0) is 25.0 Å². The highest BCUT2D eigenvalue weighted by Crippen LogP contribution is 2.51. The monoisotopic (exact) mass is 320 g/mol. The molecule has 3 aliphatic rings. The van der Waals surface area contributed by atoms with Crippen molar-refractivity contribution in [2.75, 3.05) is 6.61 Å². The van der Waals surface area contributed by atoms with Gasteiger partial charge >= 0.3 is 0 Å². The lowest BCUT2D eigenvalue weighted by Gasteiger charge is -2.47. The fraction of sp³-hybridized carbons (Fsp3) is 0.667. The molecule has 2 bridgehead atoms. The Balaban J connectivity index is 1.60. The summed E-state index contributed by atoms with van der Waals surface area (Å²) in [5, 5.41) is 0. The van der Waals surface area contributed by atoms with Gasteiger partial charge in [0.15, 0.2) is 0 Å². The molecule has 2 aliphatic heterocycles. The van der Waals surface area contributed by atoms with Crippen LogP contribution in [0.4, 0.5) is 0 Å². The third-order valence-corrected chi connectivity index (χ3v) is 6.68. The minimum absolute atomic E-state index is 0.163. The molecule has 2 saturated heterocycles. The molecule has 0 amide bonds. The Bertz CT molecular complexity index is 514. The predicted octanol–water partition coefficient (Wildman–Crippen LogP) is 4.36. The highest BCUT2D eigenvalue weighted by atomic mass is 32.2. The average molecular weight is 320 g/mol. The van der Waals surface area contributed by atoms with E-state index in [4.69, 9.17) is 14.2 Å². The van der Waals surface area contributed by atoms with Crippen LogP contribution < -0.4 is 0 Å². The van der Waals surface area contributed by atoms with Gasteiger partial charge in [-0.25, -0.2) is 0 Å². The fourth-order valence-corrected chi connectivity index (χ4v) is 5.55. The maximum Gasteiger partial charge on any atom is 0.280 e. The Kier molecular flexibility index (Phi) is 3.97. The standard InChI is InChI=1S/C18H24O3S/c1-17-19-13-14(20-17)12-16(21-17)18(10-6-3-7-11-18)22-15-8-4-2-5-9-15/h2,4-5,8-9,14,16H,3,6-7,10-13H2,1H3/t14-,16-,17+/m1/s1. The van der Waals surface area contributed by atoms with Crippen LogP contribution in [0.15, 0.2) is 35.2 Å². The second-order valence-electron chi connectivity index (χ2n) is 6.80. The summed E-state index contributed by atoms with van der Waals surface area (Å²) in [5.74, 6) is -0.824. The number of hydrogen-bond acceptors (Lipinski definition) is 4. The van der Waals surface area contributed by atoms with Gasteiger partial charge in [0.25, 0.3) is 5.97 Å². The van der Waals surface area contributed by atoms with E-state index in [2.05, 4.69) is 30.3 Å². The van der Waals surface area contributed by atoms with E-state index in [1.807, 2.05) is 18.7 Å². The molecule has 0 radical (unpaired) electrons. The molecule has 3 fully saturated rings. The largest absolute Gasteiger partial charge is 0.325 e. The van der Waals surface area contributed by atoms with E-state index in [0.29, 0.717) is 6.61 Å². The minimum Gasteiger partial charge on any atom is -0.325 e. The highest BCUT2D eigenvalue weighted by molar-refractivity contribution is 8.00. The van der Waals surface area contributed by atoms with Crippen LogP contribution in [0.1, 0.15) is 45.4 Å². The lowest BCUT2D eigenvalue weighted by molar-refractivity contribution is -0.367.